The first-order valence-electron chi connectivity index (χ1n) is 11.3. The van der Waals surface area contributed by atoms with Gasteiger partial charge in [-0.15, -0.1) is 0 Å². The third-order valence-electron chi connectivity index (χ3n) is 5.65. The molecule has 0 fully saturated rings. The number of benzene rings is 4. The van der Waals surface area contributed by atoms with Gasteiger partial charge in [0.2, 0.25) is 0 Å². The average Bonchev–Trinajstić information content (AvgIpc) is 2.90. The van der Waals surface area contributed by atoms with E-state index in [0.29, 0.717) is 16.5 Å². The highest BCUT2D eigenvalue weighted by atomic mass is 35.5. The highest BCUT2D eigenvalue weighted by Gasteiger charge is 2.21. The van der Waals surface area contributed by atoms with Gasteiger partial charge in [-0.3, -0.25) is 9.59 Å². The molecule has 4 rings (SSSR count). The Morgan fingerprint density at radius 1 is 0.917 bits per heavy atom. The van der Waals surface area contributed by atoms with Crippen molar-refractivity contribution in [3.63, 3.8) is 0 Å². The largest absolute Gasteiger partial charge is 0.469 e. The van der Waals surface area contributed by atoms with Crippen LogP contribution < -0.4 is 15.8 Å². The monoisotopic (exact) mass is 500 g/mol. The Bertz CT molecular complexity index is 1360. The molecule has 3 N–H and O–H groups in total. The number of carbonyl (C=O) groups excluding carboxylic acids is 2. The number of esters is 1. The molecule has 0 aliphatic rings. The molecule has 0 radical (unpaired) electrons. The van der Waals surface area contributed by atoms with Crippen LogP contribution in [0.25, 0.3) is 11.1 Å². The predicted octanol–water partition coefficient (Wildman–Crippen LogP) is 6.42. The maximum atomic E-state index is 13.0. The number of hydrogen-bond acceptors (Lipinski definition) is 5. The Hall–Kier alpha value is -4.29. The number of hydrogen-bond donors (Lipinski definition) is 2. The summed E-state index contributed by atoms with van der Waals surface area (Å²) in [5.41, 5.74) is 9.06. The van der Waals surface area contributed by atoms with Crippen molar-refractivity contribution in [2.45, 2.75) is 12.5 Å². The molecule has 0 saturated carbocycles. The van der Waals surface area contributed by atoms with Crippen molar-refractivity contribution < 1.29 is 19.1 Å². The van der Waals surface area contributed by atoms with Gasteiger partial charge < -0.3 is 20.5 Å². The second kappa shape index (κ2) is 11.4. The highest BCUT2D eigenvalue weighted by molar-refractivity contribution is 6.31. The molecular formula is C29H25ClN2O4. The van der Waals surface area contributed by atoms with E-state index in [1.165, 1.54) is 13.2 Å². The number of para-hydroxylation sites is 2. The first-order valence-corrected chi connectivity index (χ1v) is 11.7. The van der Waals surface area contributed by atoms with E-state index >= 15 is 0 Å². The lowest BCUT2D eigenvalue weighted by atomic mass is 9.98. The van der Waals surface area contributed by atoms with Crippen molar-refractivity contribution >= 4 is 29.2 Å². The molecule has 1 atom stereocenters. The van der Waals surface area contributed by atoms with Gasteiger partial charge in [-0.05, 0) is 47.5 Å². The summed E-state index contributed by atoms with van der Waals surface area (Å²) in [6.07, 6.45) is -0.0459. The van der Waals surface area contributed by atoms with Crippen LogP contribution in [0.5, 0.6) is 11.5 Å². The van der Waals surface area contributed by atoms with Crippen LogP contribution >= 0.6 is 11.6 Å². The third-order valence-corrected chi connectivity index (χ3v) is 5.88. The lowest BCUT2D eigenvalue weighted by Crippen LogP contribution is -2.31. The molecule has 0 bridgehead atoms. The van der Waals surface area contributed by atoms with Crippen molar-refractivity contribution in [2.24, 2.45) is 0 Å². The molecule has 0 saturated heterocycles. The van der Waals surface area contributed by atoms with Crippen molar-refractivity contribution in [3.8, 4) is 22.6 Å². The number of nitrogens with one attached hydrogen (secondary N) is 1. The Labute approximate surface area is 214 Å². The lowest BCUT2D eigenvalue weighted by molar-refractivity contribution is -0.141. The molecule has 0 aromatic heterocycles. The third kappa shape index (κ3) is 6.03. The maximum absolute atomic E-state index is 13.0. The first kappa shape index (κ1) is 24.8. The second-order valence-electron chi connectivity index (χ2n) is 8.07. The van der Waals surface area contributed by atoms with E-state index in [-0.39, 0.29) is 12.0 Å². The van der Waals surface area contributed by atoms with Gasteiger partial charge in [0.1, 0.15) is 11.5 Å². The zero-order valence-electron chi connectivity index (χ0n) is 19.6. The minimum absolute atomic E-state index is 0.0459. The molecule has 4 aromatic carbocycles. The van der Waals surface area contributed by atoms with Crippen LogP contribution in [0.2, 0.25) is 5.02 Å². The Morgan fingerprint density at radius 3 is 2.33 bits per heavy atom. The van der Waals surface area contributed by atoms with E-state index < -0.39 is 17.9 Å². The number of anilines is 1. The molecule has 0 unspecified atom stereocenters. The van der Waals surface area contributed by atoms with Crippen LogP contribution in [-0.4, -0.2) is 19.0 Å². The Balaban J connectivity index is 1.60. The van der Waals surface area contributed by atoms with Crippen molar-refractivity contribution in [1.29, 1.82) is 0 Å². The van der Waals surface area contributed by atoms with Crippen LogP contribution in [0.1, 0.15) is 28.4 Å². The van der Waals surface area contributed by atoms with E-state index in [1.54, 1.807) is 12.1 Å². The number of methoxy groups -OCH3 is 1. The molecule has 6 nitrogen and oxygen atoms in total. The fourth-order valence-electron chi connectivity index (χ4n) is 3.77. The van der Waals surface area contributed by atoms with Crippen LogP contribution in [0.3, 0.4) is 0 Å². The van der Waals surface area contributed by atoms with Crippen LogP contribution in [-0.2, 0) is 9.53 Å². The summed E-state index contributed by atoms with van der Waals surface area (Å²) < 4.78 is 10.9. The molecule has 0 aliphatic heterocycles. The topological polar surface area (TPSA) is 90.7 Å². The van der Waals surface area contributed by atoms with Crippen molar-refractivity contribution in [2.75, 3.05) is 12.8 Å². The second-order valence-corrected chi connectivity index (χ2v) is 8.51. The summed E-state index contributed by atoms with van der Waals surface area (Å²) in [6, 6.07) is 28.9. The summed E-state index contributed by atoms with van der Waals surface area (Å²) in [6.45, 7) is 0. The Kier molecular flexibility index (Phi) is 7.88. The van der Waals surface area contributed by atoms with Crippen LogP contribution in [0, 0.1) is 0 Å². The number of halogens is 1. The predicted molar refractivity (Wildman–Crippen MR) is 141 cm³/mol. The molecule has 7 heteroatoms. The van der Waals surface area contributed by atoms with E-state index in [4.69, 9.17) is 26.8 Å². The minimum Gasteiger partial charge on any atom is -0.469 e. The number of amides is 1. The van der Waals surface area contributed by atoms with Gasteiger partial charge in [0.05, 0.1) is 25.1 Å². The summed E-state index contributed by atoms with van der Waals surface area (Å²) in [5.74, 6) is 0.564. The Morgan fingerprint density at radius 2 is 1.61 bits per heavy atom. The number of carbonyl (C=O) groups is 2. The van der Waals surface area contributed by atoms with Gasteiger partial charge in [0.25, 0.3) is 5.91 Å². The zero-order chi connectivity index (χ0) is 25.5. The molecule has 0 aliphatic carbocycles. The average molecular weight is 501 g/mol. The molecule has 36 heavy (non-hydrogen) atoms. The van der Waals surface area contributed by atoms with E-state index in [9.17, 15) is 9.59 Å². The quantitative estimate of drug-likeness (QED) is 0.215. The highest BCUT2D eigenvalue weighted by Crippen LogP contribution is 2.34. The SMILES string of the molecule is COC(=O)C[C@H](NC(=O)c1cc(Cl)ccc1N)c1ccc(-c2ccccc2Oc2ccccc2)cc1. The minimum atomic E-state index is -0.631. The van der Waals surface area contributed by atoms with Gasteiger partial charge >= 0.3 is 5.97 Å². The molecule has 4 aromatic rings. The molecule has 182 valence electrons. The summed E-state index contributed by atoms with van der Waals surface area (Å²) >= 11 is 6.04. The maximum Gasteiger partial charge on any atom is 0.307 e. The van der Waals surface area contributed by atoms with Gasteiger partial charge in [-0.2, -0.15) is 0 Å². The number of nitrogens with two attached hydrogens (primary N) is 1. The number of nitrogen functional groups attached to an aromatic ring is 1. The lowest BCUT2D eigenvalue weighted by Gasteiger charge is -2.20. The fraction of sp³-hybridized carbons (Fsp3) is 0.103. The van der Waals surface area contributed by atoms with Gasteiger partial charge in [0, 0.05) is 16.3 Å². The fourth-order valence-corrected chi connectivity index (χ4v) is 3.94. The van der Waals surface area contributed by atoms with Gasteiger partial charge in [0.15, 0.2) is 0 Å². The number of ether oxygens (including phenoxy) is 2. The van der Waals surface area contributed by atoms with Crippen molar-refractivity contribution in [3.05, 3.63) is 113 Å². The zero-order valence-corrected chi connectivity index (χ0v) is 20.4. The van der Waals surface area contributed by atoms with E-state index in [0.717, 1.165) is 22.4 Å². The molecular weight excluding hydrogens is 476 g/mol. The summed E-state index contributed by atoms with van der Waals surface area (Å²) in [5, 5.41) is 3.27. The summed E-state index contributed by atoms with van der Waals surface area (Å²) in [4.78, 5) is 25.1. The molecule has 1 amide bonds. The van der Waals surface area contributed by atoms with E-state index in [1.807, 2.05) is 78.9 Å². The number of rotatable bonds is 8. The molecule has 0 spiro atoms. The first-order chi connectivity index (χ1) is 17.4. The smallest absolute Gasteiger partial charge is 0.307 e. The van der Waals surface area contributed by atoms with Gasteiger partial charge in [-0.1, -0.05) is 72.3 Å². The summed E-state index contributed by atoms with van der Waals surface area (Å²) in [7, 11) is 1.31. The van der Waals surface area contributed by atoms with Crippen molar-refractivity contribution in [1.82, 2.24) is 5.32 Å². The van der Waals surface area contributed by atoms with Crippen LogP contribution in [0.15, 0.2) is 97.1 Å². The normalized spacial score (nSPS) is 11.4. The van der Waals surface area contributed by atoms with Gasteiger partial charge in [-0.25, -0.2) is 0 Å². The van der Waals surface area contributed by atoms with Crippen LogP contribution in [0.4, 0.5) is 5.69 Å². The standard InChI is InChI=1S/C29H25ClN2O4/c1-35-28(33)18-26(32-29(34)24-17-21(30)15-16-25(24)31)20-13-11-19(12-14-20)23-9-5-6-10-27(23)36-22-7-3-2-4-8-22/h2-17,26H,18,31H2,1H3,(H,32,34)/t26-/m0/s1. The van der Waals surface area contributed by atoms with E-state index in [2.05, 4.69) is 5.32 Å². The molecule has 0 heterocycles.